The second-order valence-corrected chi connectivity index (χ2v) is 9.60. The summed E-state index contributed by atoms with van der Waals surface area (Å²) in [5, 5.41) is 5.70. The van der Waals surface area contributed by atoms with Crippen LogP contribution in [0.15, 0.2) is 66.7 Å². The van der Waals surface area contributed by atoms with E-state index >= 15 is 0 Å². The number of pyridine rings is 1. The summed E-state index contributed by atoms with van der Waals surface area (Å²) in [4.78, 5) is 7.02. The van der Waals surface area contributed by atoms with Crippen LogP contribution in [0, 0.1) is 0 Å². The Bertz CT molecular complexity index is 1350. The highest BCUT2D eigenvalue weighted by Crippen LogP contribution is 2.37. The number of nitrogens with zero attached hydrogens (tertiary/aromatic N) is 2. The Morgan fingerprint density at radius 1 is 0.906 bits per heavy atom. The van der Waals surface area contributed by atoms with Gasteiger partial charge >= 0.3 is 0 Å². The van der Waals surface area contributed by atoms with Crippen molar-refractivity contribution >= 4 is 54.6 Å². The maximum Gasteiger partial charge on any atom is 0.229 e. The van der Waals surface area contributed by atoms with Crippen LogP contribution in [-0.2, 0) is 14.8 Å². The molecule has 0 unspecified atom stereocenters. The van der Waals surface area contributed by atoms with Gasteiger partial charge in [-0.3, -0.25) is 4.72 Å². The average Bonchev–Trinajstić information content (AvgIpc) is 2.79. The van der Waals surface area contributed by atoms with E-state index in [4.69, 9.17) is 9.72 Å². The zero-order chi connectivity index (χ0) is 22.1. The Balaban J connectivity index is 1.65. The fourth-order valence-corrected chi connectivity index (χ4v) is 4.65. The summed E-state index contributed by atoms with van der Waals surface area (Å²) >= 11 is 0. The van der Waals surface area contributed by atoms with Gasteiger partial charge in [-0.1, -0.05) is 36.4 Å². The van der Waals surface area contributed by atoms with Crippen molar-refractivity contribution in [2.24, 2.45) is 0 Å². The monoisotopic (exact) mass is 448 g/mol. The molecule has 1 aromatic heterocycles. The number of rotatable bonds is 5. The van der Waals surface area contributed by atoms with Gasteiger partial charge in [0.2, 0.25) is 10.0 Å². The summed E-state index contributed by atoms with van der Waals surface area (Å²) in [6.45, 7) is 2.72. The predicted molar refractivity (Wildman–Crippen MR) is 130 cm³/mol. The van der Waals surface area contributed by atoms with Crippen LogP contribution in [0.1, 0.15) is 0 Å². The molecule has 2 N–H and O–H groups in total. The van der Waals surface area contributed by atoms with E-state index in [1.165, 1.54) is 0 Å². The van der Waals surface area contributed by atoms with Crippen molar-refractivity contribution in [3.8, 4) is 0 Å². The Morgan fingerprint density at radius 3 is 2.16 bits per heavy atom. The molecule has 0 atom stereocenters. The first-order valence-electron chi connectivity index (χ1n) is 10.5. The number of anilines is 4. The summed E-state index contributed by atoms with van der Waals surface area (Å²) in [5.74, 6) is 0. The highest BCUT2D eigenvalue weighted by atomic mass is 32.2. The van der Waals surface area contributed by atoms with Gasteiger partial charge in [0.1, 0.15) is 0 Å². The van der Waals surface area contributed by atoms with Crippen molar-refractivity contribution in [2.75, 3.05) is 47.5 Å². The molecule has 2 heterocycles. The van der Waals surface area contributed by atoms with Crippen LogP contribution in [0.3, 0.4) is 0 Å². The molecule has 1 saturated heterocycles. The topological polar surface area (TPSA) is 83.6 Å². The minimum atomic E-state index is -3.38. The lowest BCUT2D eigenvalue weighted by Gasteiger charge is -2.31. The summed E-state index contributed by atoms with van der Waals surface area (Å²) < 4.78 is 31.7. The van der Waals surface area contributed by atoms with E-state index in [9.17, 15) is 8.42 Å². The van der Waals surface area contributed by atoms with Gasteiger partial charge in [-0.2, -0.15) is 0 Å². The van der Waals surface area contributed by atoms with E-state index in [0.717, 1.165) is 58.2 Å². The number of nitrogens with one attached hydrogen (secondary N) is 2. The average molecular weight is 449 g/mol. The molecule has 8 heteroatoms. The van der Waals surface area contributed by atoms with E-state index in [-0.39, 0.29) is 0 Å². The summed E-state index contributed by atoms with van der Waals surface area (Å²) in [6.07, 6.45) is 1.16. The molecule has 0 amide bonds. The molecule has 32 heavy (non-hydrogen) atoms. The van der Waals surface area contributed by atoms with Crippen LogP contribution in [0.25, 0.3) is 21.8 Å². The van der Waals surface area contributed by atoms with Gasteiger partial charge in [0.15, 0.2) is 0 Å². The molecule has 1 fully saturated rings. The lowest BCUT2D eigenvalue weighted by atomic mass is 10.1. The Kier molecular flexibility index (Phi) is 5.32. The van der Waals surface area contributed by atoms with E-state index < -0.39 is 10.0 Å². The molecule has 1 aliphatic rings. The van der Waals surface area contributed by atoms with Gasteiger partial charge in [-0.15, -0.1) is 0 Å². The largest absolute Gasteiger partial charge is 0.378 e. The van der Waals surface area contributed by atoms with Crippen LogP contribution in [0.4, 0.5) is 22.7 Å². The number of benzene rings is 3. The minimum Gasteiger partial charge on any atom is -0.378 e. The van der Waals surface area contributed by atoms with Crippen LogP contribution in [0.2, 0.25) is 0 Å². The Morgan fingerprint density at radius 2 is 1.53 bits per heavy atom. The molecular formula is C24H24N4O3S. The molecule has 7 nitrogen and oxygen atoms in total. The van der Waals surface area contributed by atoms with Crippen molar-refractivity contribution in [3.05, 3.63) is 66.7 Å². The fourth-order valence-electron chi connectivity index (χ4n) is 4.09. The lowest BCUT2D eigenvalue weighted by Crippen LogP contribution is -2.36. The highest BCUT2D eigenvalue weighted by molar-refractivity contribution is 7.92. The predicted octanol–water partition coefficient (Wildman–Crippen LogP) is 4.34. The van der Waals surface area contributed by atoms with Crippen molar-refractivity contribution in [1.29, 1.82) is 0 Å². The zero-order valence-electron chi connectivity index (χ0n) is 17.7. The summed E-state index contributed by atoms with van der Waals surface area (Å²) in [5.41, 5.74) is 5.15. The maximum absolute atomic E-state index is 11.8. The number of fused-ring (bicyclic) bond motifs is 2. The first-order valence-corrected chi connectivity index (χ1v) is 12.4. The van der Waals surface area contributed by atoms with E-state index in [1.807, 2.05) is 48.5 Å². The van der Waals surface area contributed by atoms with E-state index in [2.05, 4.69) is 27.1 Å². The van der Waals surface area contributed by atoms with Crippen molar-refractivity contribution in [3.63, 3.8) is 0 Å². The fraction of sp³-hybridized carbons (Fsp3) is 0.208. The normalized spacial score (nSPS) is 14.6. The summed E-state index contributed by atoms with van der Waals surface area (Å²) in [6, 6.07) is 21.7. The molecule has 0 spiro atoms. The van der Waals surface area contributed by atoms with E-state index in [0.29, 0.717) is 18.9 Å². The van der Waals surface area contributed by atoms with Gasteiger partial charge in [0.25, 0.3) is 0 Å². The number of sulfonamides is 1. The quantitative estimate of drug-likeness (QED) is 0.442. The summed E-state index contributed by atoms with van der Waals surface area (Å²) in [7, 11) is -3.38. The SMILES string of the molecule is CS(=O)(=O)Nc1ccc(Nc2c3ccccc3nc3ccccc23)c(N2CCOCC2)c1. The van der Waals surface area contributed by atoms with Crippen molar-refractivity contribution < 1.29 is 13.2 Å². The zero-order valence-corrected chi connectivity index (χ0v) is 18.5. The maximum atomic E-state index is 11.8. The van der Waals surface area contributed by atoms with Crippen molar-refractivity contribution in [1.82, 2.24) is 4.98 Å². The lowest BCUT2D eigenvalue weighted by molar-refractivity contribution is 0.123. The van der Waals surface area contributed by atoms with Gasteiger partial charge in [0.05, 0.1) is 53.3 Å². The second kappa shape index (κ2) is 8.29. The third-order valence-corrected chi connectivity index (χ3v) is 6.11. The Labute approximate surface area is 187 Å². The molecule has 0 bridgehead atoms. The Hall–Kier alpha value is -3.36. The molecule has 1 aliphatic heterocycles. The van der Waals surface area contributed by atoms with Crippen molar-refractivity contribution in [2.45, 2.75) is 0 Å². The molecule has 4 aromatic rings. The smallest absolute Gasteiger partial charge is 0.229 e. The number of aromatic nitrogens is 1. The molecule has 3 aromatic carbocycles. The molecular weight excluding hydrogens is 424 g/mol. The number of hydrogen-bond acceptors (Lipinski definition) is 6. The van der Waals surface area contributed by atoms with Gasteiger partial charge < -0.3 is 15.0 Å². The van der Waals surface area contributed by atoms with Crippen LogP contribution >= 0.6 is 0 Å². The van der Waals surface area contributed by atoms with Crippen LogP contribution in [0.5, 0.6) is 0 Å². The highest BCUT2D eigenvalue weighted by Gasteiger charge is 2.18. The van der Waals surface area contributed by atoms with Crippen LogP contribution in [-0.4, -0.2) is 46.0 Å². The first-order chi connectivity index (χ1) is 15.5. The number of hydrogen-bond donors (Lipinski definition) is 2. The van der Waals surface area contributed by atoms with E-state index in [1.54, 1.807) is 6.07 Å². The van der Waals surface area contributed by atoms with Gasteiger partial charge in [-0.25, -0.2) is 13.4 Å². The second-order valence-electron chi connectivity index (χ2n) is 7.85. The first kappa shape index (κ1) is 20.5. The molecule has 164 valence electrons. The molecule has 0 radical (unpaired) electrons. The molecule has 5 rings (SSSR count). The number of para-hydroxylation sites is 2. The third-order valence-electron chi connectivity index (χ3n) is 5.50. The number of morpholine rings is 1. The van der Waals surface area contributed by atoms with Crippen LogP contribution < -0.4 is 14.9 Å². The van der Waals surface area contributed by atoms with Gasteiger partial charge in [-0.05, 0) is 30.3 Å². The third kappa shape index (κ3) is 4.19. The minimum absolute atomic E-state index is 0.531. The number of ether oxygens (including phenoxy) is 1. The molecule has 0 aliphatic carbocycles. The molecule has 0 saturated carbocycles. The van der Waals surface area contributed by atoms with Gasteiger partial charge in [0, 0.05) is 23.9 Å². The standard InChI is InChI=1S/C24H24N4O3S/c1-32(29,30)27-17-10-11-22(23(16-17)28-12-14-31-15-13-28)26-24-18-6-2-4-8-20(18)25-21-9-5-3-7-19(21)24/h2-11,16,27H,12-15H2,1H3,(H,25,26).